The molecule has 2 amide bonds. The highest BCUT2D eigenvalue weighted by Crippen LogP contribution is 2.24. The van der Waals surface area contributed by atoms with Crippen LogP contribution in [-0.4, -0.2) is 38.5 Å². The molecule has 0 saturated carbocycles. The van der Waals surface area contributed by atoms with Crippen LogP contribution in [0.5, 0.6) is 0 Å². The summed E-state index contributed by atoms with van der Waals surface area (Å²) >= 11 is 0. The fourth-order valence-electron chi connectivity index (χ4n) is 2.50. The second-order valence-electron chi connectivity index (χ2n) is 5.65. The Morgan fingerprint density at radius 1 is 1.00 bits per heavy atom. The van der Waals surface area contributed by atoms with E-state index >= 15 is 0 Å². The van der Waals surface area contributed by atoms with Crippen LogP contribution in [0, 0.1) is 0 Å². The molecule has 0 fully saturated rings. The second kappa shape index (κ2) is 9.36. The van der Waals surface area contributed by atoms with Gasteiger partial charge in [-0.2, -0.15) is 0 Å². The van der Waals surface area contributed by atoms with Crippen LogP contribution < -0.4 is 10.6 Å². The van der Waals surface area contributed by atoms with Gasteiger partial charge in [0.25, 0.3) is 5.91 Å². The van der Waals surface area contributed by atoms with Gasteiger partial charge in [-0.15, -0.1) is 0 Å². The third-order valence-corrected chi connectivity index (χ3v) is 3.94. The summed E-state index contributed by atoms with van der Waals surface area (Å²) in [5, 5.41) is 5.32. The van der Waals surface area contributed by atoms with Gasteiger partial charge < -0.3 is 15.4 Å². The van der Waals surface area contributed by atoms with Crippen molar-refractivity contribution < 1.29 is 19.1 Å². The van der Waals surface area contributed by atoms with Crippen molar-refractivity contribution in [3.63, 3.8) is 0 Å². The SMILES string of the molecule is CNC(=O)CCCNC(=O)c1ccc(-c2ccccc2C(=O)OC)cc1. The van der Waals surface area contributed by atoms with Crippen molar-refractivity contribution in [2.24, 2.45) is 0 Å². The van der Waals surface area contributed by atoms with Gasteiger partial charge in [-0.05, 0) is 35.7 Å². The van der Waals surface area contributed by atoms with E-state index in [0.717, 1.165) is 11.1 Å². The fourth-order valence-corrected chi connectivity index (χ4v) is 2.50. The zero-order valence-corrected chi connectivity index (χ0v) is 14.9. The van der Waals surface area contributed by atoms with E-state index in [9.17, 15) is 14.4 Å². The van der Waals surface area contributed by atoms with Crippen LogP contribution in [0.4, 0.5) is 0 Å². The molecule has 2 N–H and O–H groups in total. The molecule has 2 rings (SSSR count). The minimum absolute atomic E-state index is 0.0483. The van der Waals surface area contributed by atoms with Gasteiger partial charge in [-0.1, -0.05) is 30.3 Å². The van der Waals surface area contributed by atoms with E-state index in [0.29, 0.717) is 30.5 Å². The largest absolute Gasteiger partial charge is 0.465 e. The van der Waals surface area contributed by atoms with Gasteiger partial charge in [0.15, 0.2) is 0 Å². The summed E-state index contributed by atoms with van der Waals surface area (Å²) in [5.74, 6) is -0.652. The van der Waals surface area contributed by atoms with E-state index in [1.54, 1.807) is 43.4 Å². The number of rotatable bonds is 7. The number of nitrogens with one attached hydrogen (secondary N) is 2. The summed E-state index contributed by atoms with van der Waals surface area (Å²) in [5.41, 5.74) is 2.56. The Hall–Kier alpha value is -3.15. The van der Waals surface area contributed by atoms with Crippen molar-refractivity contribution >= 4 is 17.8 Å². The van der Waals surface area contributed by atoms with Gasteiger partial charge in [-0.25, -0.2) is 4.79 Å². The number of esters is 1. The number of carbonyl (C=O) groups is 3. The molecule has 26 heavy (non-hydrogen) atoms. The molecule has 0 aliphatic rings. The lowest BCUT2D eigenvalue weighted by Gasteiger charge is -2.09. The molecule has 0 radical (unpaired) electrons. The predicted octanol–water partition coefficient (Wildman–Crippen LogP) is 2.40. The molecule has 136 valence electrons. The topological polar surface area (TPSA) is 84.5 Å². The van der Waals surface area contributed by atoms with Crippen molar-refractivity contribution in [2.75, 3.05) is 20.7 Å². The summed E-state index contributed by atoms with van der Waals surface area (Å²) in [6.07, 6.45) is 0.954. The lowest BCUT2D eigenvalue weighted by atomic mass is 9.98. The van der Waals surface area contributed by atoms with E-state index < -0.39 is 5.97 Å². The Labute approximate surface area is 152 Å². The van der Waals surface area contributed by atoms with E-state index in [1.165, 1.54) is 7.11 Å². The summed E-state index contributed by atoms with van der Waals surface area (Å²) in [4.78, 5) is 35.2. The lowest BCUT2D eigenvalue weighted by molar-refractivity contribution is -0.120. The Bertz CT molecular complexity index is 785. The van der Waals surface area contributed by atoms with E-state index in [-0.39, 0.29) is 11.8 Å². The first-order valence-corrected chi connectivity index (χ1v) is 8.33. The van der Waals surface area contributed by atoms with Crippen LogP contribution in [0.25, 0.3) is 11.1 Å². The Morgan fingerprint density at radius 3 is 2.35 bits per heavy atom. The number of carbonyl (C=O) groups excluding carboxylic acids is 3. The Morgan fingerprint density at radius 2 is 1.69 bits per heavy atom. The molecule has 0 bridgehead atoms. The van der Waals surface area contributed by atoms with E-state index in [2.05, 4.69) is 10.6 Å². The number of benzene rings is 2. The number of amides is 2. The average molecular weight is 354 g/mol. The zero-order chi connectivity index (χ0) is 18.9. The normalized spacial score (nSPS) is 10.1. The minimum Gasteiger partial charge on any atom is -0.465 e. The maximum atomic E-state index is 12.1. The zero-order valence-electron chi connectivity index (χ0n) is 14.9. The van der Waals surface area contributed by atoms with Gasteiger partial charge in [0.2, 0.25) is 5.91 Å². The summed E-state index contributed by atoms with van der Waals surface area (Å²) in [6.45, 7) is 0.430. The third kappa shape index (κ3) is 4.92. The monoisotopic (exact) mass is 354 g/mol. The first-order chi connectivity index (χ1) is 12.6. The molecular weight excluding hydrogens is 332 g/mol. The van der Waals surface area contributed by atoms with Crippen LogP contribution in [0.2, 0.25) is 0 Å². The van der Waals surface area contributed by atoms with Crippen LogP contribution >= 0.6 is 0 Å². The smallest absolute Gasteiger partial charge is 0.338 e. The molecular formula is C20H22N2O4. The molecule has 0 atom stereocenters. The van der Waals surface area contributed by atoms with Crippen LogP contribution in [0.15, 0.2) is 48.5 Å². The predicted molar refractivity (Wildman–Crippen MR) is 98.9 cm³/mol. The molecule has 2 aromatic carbocycles. The van der Waals surface area contributed by atoms with Crippen molar-refractivity contribution in [1.29, 1.82) is 0 Å². The lowest BCUT2D eigenvalue weighted by Crippen LogP contribution is -2.26. The van der Waals surface area contributed by atoms with Gasteiger partial charge in [0, 0.05) is 25.6 Å². The van der Waals surface area contributed by atoms with Crippen LogP contribution in [0.3, 0.4) is 0 Å². The number of methoxy groups -OCH3 is 1. The van der Waals surface area contributed by atoms with Crippen molar-refractivity contribution in [2.45, 2.75) is 12.8 Å². The van der Waals surface area contributed by atoms with Gasteiger partial charge in [0.1, 0.15) is 0 Å². The molecule has 2 aromatic rings. The summed E-state index contributed by atoms with van der Waals surface area (Å²) in [6, 6.07) is 14.1. The highest BCUT2D eigenvalue weighted by atomic mass is 16.5. The third-order valence-electron chi connectivity index (χ3n) is 3.94. The van der Waals surface area contributed by atoms with Crippen molar-refractivity contribution in [3.05, 3.63) is 59.7 Å². The van der Waals surface area contributed by atoms with Crippen LogP contribution in [0.1, 0.15) is 33.6 Å². The van der Waals surface area contributed by atoms with Gasteiger partial charge in [0.05, 0.1) is 12.7 Å². The fraction of sp³-hybridized carbons (Fsp3) is 0.250. The molecule has 0 aliphatic heterocycles. The first kappa shape index (κ1) is 19.2. The molecule has 0 saturated heterocycles. The molecule has 6 heteroatoms. The molecule has 0 heterocycles. The van der Waals surface area contributed by atoms with Crippen molar-refractivity contribution in [1.82, 2.24) is 10.6 Å². The standard InChI is InChI=1S/C20H22N2O4/c1-21-18(23)8-5-13-22-19(24)15-11-9-14(10-12-15)16-6-3-4-7-17(16)20(25)26-2/h3-4,6-7,9-12H,5,8,13H2,1-2H3,(H,21,23)(H,22,24). The Kier molecular flexibility index (Phi) is 6.91. The molecule has 0 aliphatic carbocycles. The van der Waals surface area contributed by atoms with Crippen LogP contribution in [-0.2, 0) is 9.53 Å². The molecule has 0 spiro atoms. The van der Waals surface area contributed by atoms with Gasteiger partial charge >= 0.3 is 5.97 Å². The number of ether oxygens (including phenoxy) is 1. The van der Waals surface area contributed by atoms with E-state index in [1.807, 2.05) is 12.1 Å². The molecule has 0 unspecified atom stereocenters. The number of hydrogen-bond donors (Lipinski definition) is 2. The summed E-state index contributed by atoms with van der Waals surface area (Å²) in [7, 11) is 2.93. The van der Waals surface area contributed by atoms with Gasteiger partial charge in [-0.3, -0.25) is 9.59 Å². The molecule has 0 aromatic heterocycles. The quantitative estimate of drug-likeness (QED) is 0.591. The maximum Gasteiger partial charge on any atom is 0.338 e. The average Bonchev–Trinajstić information content (AvgIpc) is 2.70. The molecule has 6 nitrogen and oxygen atoms in total. The van der Waals surface area contributed by atoms with E-state index in [4.69, 9.17) is 4.74 Å². The second-order valence-corrected chi connectivity index (χ2v) is 5.65. The number of hydrogen-bond acceptors (Lipinski definition) is 4. The highest BCUT2D eigenvalue weighted by Gasteiger charge is 2.13. The maximum absolute atomic E-state index is 12.1. The minimum atomic E-state index is -0.404. The first-order valence-electron chi connectivity index (χ1n) is 8.33. The highest BCUT2D eigenvalue weighted by molar-refractivity contribution is 5.98. The summed E-state index contributed by atoms with van der Waals surface area (Å²) < 4.78 is 4.81. The Balaban J connectivity index is 2.03. The van der Waals surface area contributed by atoms with Crippen molar-refractivity contribution in [3.8, 4) is 11.1 Å².